The molecule has 3 rings (SSSR count). The van der Waals surface area contributed by atoms with Crippen LogP contribution in [0.2, 0.25) is 0 Å². The fourth-order valence-electron chi connectivity index (χ4n) is 3.37. The third-order valence-corrected chi connectivity index (χ3v) is 6.33. The van der Waals surface area contributed by atoms with E-state index in [0.717, 1.165) is 0 Å². The van der Waals surface area contributed by atoms with Gasteiger partial charge in [0.1, 0.15) is 0 Å². The second kappa shape index (κ2) is 7.64. The zero-order chi connectivity index (χ0) is 16.3. The summed E-state index contributed by atoms with van der Waals surface area (Å²) in [6.07, 6.45) is 0. The van der Waals surface area contributed by atoms with E-state index in [1.165, 1.54) is 16.7 Å². The van der Waals surface area contributed by atoms with E-state index < -0.39 is 0 Å². The van der Waals surface area contributed by atoms with E-state index in [2.05, 4.69) is 114 Å². The summed E-state index contributed by atoms with van der Waals surface area (Å²) < 4.78 is 0. The lowest BCUT2D eigenvalue weighted by molar-refractivity contribution is 0.420. The molecule has 0 aliphatic heterocycles. The first-order chi connectivity index (χ1) is 11.1. The van der Waals surface area contributed by atoms with Gasteiger partial charge in [0.05, 0.1) is 0 Å². The van der Waals surface area contributed by atoms with E-state index in [1.54, 1.807) is 0 Å². The Kier molecular flexibility index (Phi) is 6.01. The summed E-state index contributed by atoms with van der Waals surface area (Å²) in [5.41, 5.74) is 3.87. The third kappa shape index (κ3) is 3.21. The zero-order valence-electron chi connectivity index (χ0n) is 14.1. The maximum absolute atomic E-state index is 3.16. The molecule has 3 aromatic carbocycles. The number of benzene rings is 3. The van der Waals surface area contributed by atoms with Crippen LogP contribution in [0.5, 0.6) is 0 Å². The molecule has 0 nitrogen and oxygen atoms in total. The maximum Gasteiger partial charge on any atom is 0.0435 e. The first-order valence-electron chi connectivity index (χ1n) is 8.02. The molecule has 0 saturated carbocycles. The molecule has 0 bridgehead atoms. The van der Waals surface area contributed by atoms with Gasteiger partial charge in [-0.25, -0.2) is 0 Å². The topological polar surface area (TPSA) is 0 Å². The predicted molar refractivity (Wildman–Crippen MR) is 113 cm³/mol. The molecule has 3 aromatic rings. The van der Waals surface area contributed by atoms with Crippen LogP contribution in [-0.4, -0.2) is 0 Å². The van der Waals surface area contributed by atoms with Gasteiger partial charge in [-0.2, -0.15) is 0 Å². The Morgan fingerprint density at radius 3 is 1.17 bits per heavy atom. The Morgan fingerprint density at radius 1 is 0.542 bits per heavy atom. The lowest BCUT2D eigenvalue weighted by atomic mass is 9.66. The van der Waals surface area contributed by atoms with Crippen molar-refractivity contribution >= 4 is 26.2 Å². The Morgan fingerprint density at radius 2 is 0.833 bits per heavy atom. The quantitative estimate of drug-likeness (QED) is 0.448. The second-order valence-corrected chi connectivity index (χ2v) is 7.40. The number of hydrogen-bond acceptors (Lipinski definition) is 0. The molecule has 124 valence electrons. The van der Waals surface area contributed by atoms with Gasteiger partial charge in [0.25, 0.3) is 0 Å². The van der Waals surface area contributed by atoms with E-state index >= 15 is 0 Å². The van der Waals surface area contributed by atoms with Crippen LogP contribution in [0.1, 0.15) is 30.5 Å². The number of halogens is 1. The summed E-state index contributed by atoms with van der Waals surface area (Å²) in [4.78, 5) is 0. The van der Waals surface area contributed by atoms with Gasteiger partial charge >= 0.3 is 0 Å². The fraction of sp³-hybridized carbons (Fsp3) is 0.182. The molecule has 0 amide bonds. The predicted octanol–water partition coefficient (Wildman–Crippen LogP) is 6.36. The largest absolute Gasteiger partial charge is 0.121 e. The van der Waals surface area contributed by atoms with E-state index in [0.29, 0.717) is 0 Å². The van der Waals surface area contributed by atoms with Gasteiger partial charge < -0.3 is 0 Å². The Bertz CT molecular complexity index is 712. The lowest BCUT2D eigenvalue weighted by Gasteiger charge is -2.45. The van der Waals surface area contributed by atoms with Crippen molar-refractivity contribution in [3.05, 3.63) is 108 Å². The first-order valence-corrected chi connectivity index (χ1v) is 8.60. The molecular weight excluding hydrogens is 375 g/mol. The summed E-state index contributed by atoms with van der Waals surface area (Å²) in [5.74, 6) is 0. The van der Waals surface area contributed by atoms with E-state index in [1.807, 2.05) is 0 Å². The van der Waals surface area contributed by atoms with Gasteiger partial charge in [-0.3, -0.25) is 0 Å². The summed E-state index contributed by atoms with van der Waals surface area (Å²) in [6.45, 7) is 4.66. The van der Waals surface area contributed by atoms with Crippen LogP contribution in [0.4, 0.5) is 0 Å². The maximum atomic E-state index is 3.16. The number of rotatable bonds is 4. The van der Waals surface area contributed by atoms with Crippen molar-refractivity contribution in [1.82, 2.24) is 0 Å². The first kappa shape index (κ1) is 18.9. The summed E-state index contributed by atoms with van der Waals surface area (Å²) in [7, 11) is 3.16. The van der Waals surface area contributed by atoms with Gasteiger partial charge in [0.15, 0.2) is 0 Å². The molecule has 0 spiro atoms. The Balaban J connectivity index is 0.00000208. The van der Waals surface area contributed by atoms with Gasteiger partial charge in [0, 0.05) is 10.6 Å². The molecule has 0 heterocycles. The standard InChI is InChI=1S/C22H23P.BrH/c1-21(2,18-12-6-3-7-13-18)22(23,19-14-8-4-9-15-19)20-16-10-5-11-17-20;/h3-17H,23H2,1-2H3;1H. The molecule has 0 N–H and O–H groups in total. The molecule has 1 atom stereocenters. The average Bonchev–Trinajstić information content (AvgIpc) is 2.63. The van der Waals surface area contributed by atoms with Crippen molar-refractivity contribution in [2.45, 2.75) is 24.4 Å². The van der Waals surface area contributed by atoms with Crippen LogP contribution in [-0.2, 0) is 10.6 Å². The highest BCUT2D eigenvalue weighted by molar-refractivity contribution is 8.93. The van der Waals surface area contributed by atoms with Crippen molar-refractivity contribution in [3.63, 3.8) is 0 Å². The van der Waals surface area contributed by atoms with Crippen LogP contribution in [0.15, 0.2) is 91.0 Å². The molecule has 0 aromatic heterocycles. The van der Waals surface area contributed by atoms with Crippen LogP contribution < -0.4 is 0 Å². The van der Waals surface area contributed by atoms with Crippen molar-refractivity contribution in [1.29, 1.82) is 0 Å². The minimum atomic E-state index is -0.198. The highest BCUT2D eigenvalue weighted by Gasteiger charge is 2.44. The van der Waals surface area contributed by atoms with Crippen LogP contribution >= 0.6 is 26.2 Å². The van der Waals surface area contributed by atoms with Crippen molar-refractivity contribution in [2.24, 2.45) is 0 Å². The van der Waals surface area contributed by atoms with Gasteiger partial charge in [-0.05, 0) is 16.7 Å². The smallest absolute Gasteiger partial charge is 0.0435 e. The summed E-state index contributed by atoms with van der Waals surface area (Å²) >= 11 is 0. The molecule has 1 unspecified atom stereocenters. The summed E-state index contributed by atoms with van der Waals surface area (Å²) in [5, 5.41) is -0.198. The normalized spacial score (nSPS) is 11.6. The van der Waals surface area contributed by atoms with E-state index in [-0.39, 0.29) is 27.6 Å². The van der Waals surface area contributed by atoms with Crippen LogP contribution in [0.25, 0.3) is 0 Å². The molecule has 0 aliphatic carbocycles. The highest BCUT2D eigenvalue weighted by Crippen LogP contribution is 2.53. The van der Waals surface area contributed by atoms with Crippen LogP contribution in [0.3, 0.4) is 0 Å². The van der Waals surface area contributed by atoms with Crippen molar-refractivity contribution in [2.75, 3.05) is 0 Å². The molecule has 0 saturated heterocycles. The van der Waals surface area contributed by atoms with Gasteiger partial charge in [-0.1, -0.05) is 105 Å². The molecule has 2 heteroatoms. The van der Waals surface area contributed by atoms with Gasteiger partial charge in [0.2, 0.25) is 0 Å². The SMILES string of the molecule is Br.CC(C)(c1ccccc1)C(P)(c1ccccc1)c1ccccc1. The molecule has 24 heavy (non-hydrogen) atoms. The van der Waals surface area contributed by atoms with Gasteiger partial charge in [-0.15, -0.1) is 26.2 Å². The second-order valence-electron chi connectivity index (χ2n) is 6.53. The van der Waals surface area contributed by atoms with Crippen LogP contribution in [0, 0.1) is 0 Å². The minimum Gasteiger partial charge on any atom is -0.121 e. The van der Waals surface area contributed by atoms with E-state index in [9.17, 15) is 0 Å². The molecule has 0 fully saturated rings. The lowest BCUT2D eigenvalue weighted by Crippen LogP contribution is -2.41. The monoisotopic (exact) mass is 398 g/mol. The average molecular weight is 399 g/mol. The Hall–Kier alpha value is -1.43. The minimum absolute atomic E-state index is 0. The third-order valence-electron chi connectivity index (χ3n) is 4.94. The molecular formula is C22H24BrP. The van der Waals surface area contributed by atoms with Crippen molar-refractivity contribution < 1.29 is 0 Å². The van der Waals surface area contributed by atoms with E-state index in [4.69, 9.17) is 0 Å². The Labute approximate surface area is 158 Å². The molecule has 0 radical (unpaired) electrons. The fourth-order valence-corrected chi connectivity index (χ4v) is 3.92. The number of hydrogen-bond donors (Lipinski definition) is 0. The highest BCUT2D eigenvalue weighted by atomic mass is 79.9. The van der Waals surface area contributed by atoms with Crippen molar-refractivity contribution in [3.8, 4) is 0 Å². The zero-order valence-corrected chi connectivity index (χ0v) is 17.0. The summed E-state index contributed by atoms with van der Waals surface area (Å²) in [6, 6.07) is 32.3. The molecule has 0 aliphatic rings.